The van der Waals surface area contributed by atoms with Gasteiger partial charge in [-0.1, -0.05) is 0 Å². The standard InChI is InChI=1S/C9H13N3O2/c13-9-2-1-7(3-11-9)10-4-8-5-14-6-12-8/h5-7,10H,1-4H2,(H,11,13). The first-order valence-corrected chi connectivity index (χ1v) is 4.72. The van der Waals surface area contributed by atoms with Crippen LogP contribution in [-0.4, -0.2) is 23.5 Å². The molecule has 1 aromatic heterocycles. The van der Waals surface area contributed by atoms with E-state index in [4.69, 9.17) is 4.42 Å². The molecule has 1 fully saturated rings. The topological polar surface area (TPSA) is 67.2 Å². The highest BCUT2D eigenvalue weighted by molar-refractivity contribution is 5.76. The van der Waals surface area contributed by atoms with Crippen LogP contribution in [0.4, 0.5) is 0 Å². The molecule has 2 rings (SSSR count). The molecule has 1 aliphatic heterocycles. The minimum atomic E-state index is 0.143. The third kappa shape index (κ3) is 2.32. The average molecular weight is 195 g/mol. The van der Waals surface area contributed by atoms with Crippen molar-refractivity contribution in [3.63, 3.8) is 0 Å². The largest absolute Gasteiger partial charge is 0.451 e. The lowest BCUT2D eigenvalue weighted by Gasteiger charge is -2.22. The Hall–Kier alpha value is -1.36. The number of nitrogens with one attached hydrogen (secondary N) is 2. The van der Waals surface area contributed by atoms with Crippen LogP contribution in [0.5, 0.6) is 0 Å². The smallest absolute Gasteiger partial charge is 0.220 e. The van der Waals surface area contributed by atoms with Gasteiger partial charge in [-0.25, -0.2) is 4.98 Å². The molecule has 0 aliphatic carbocycles. The molecular formula is C9H13N3O2. The molecule has 5 heteroatoms. The number of carbonyl (C=O) groups is 1. The lowest BCUT2D eigenvalue weighted by molar-refractivity contribution is -0.122. The fourth-order valence-electron chi connectivity index (χ4n) is 1.48. The van der Waals surface area contributed by atoms with Gasteiger partial charge in [0.2, 0.25) is 5.91 Å². The Labute approximate surface area is 81.9 Å². The zero-order chi connectivity index (χ0) is 9.80. The molecule has 0 spiro atoms. The highest BCUT2D eigenvalue weighted by Crippen LogP contribution is 2.03. The molecule has 2 heterocycles. The fraction of sp³-hybridized carbons (Fsp3) is 0.556. The van der Waals surface area contributed by atoms with Crippen LogP contribution in [0.3, 0.4) is 0 Å². The molecule has 14 heavy (non-hydrogen) atoms. The van der Waals surface area contributed by atoms with Gasteiger partial charge in [-0.3, -0.25) is 4.79 Å². The quantitative estimate of drug-likeness (QED) is 0.714. The number of amides is 1. The number of hydrogen-bond donors (Lipinski definition) is 2. The zero-order valence-corrected chi connectivity index (χ0v) is 7.82. The number of aromatic nitrogens is 1. The van der Waals surface area contributed by atoms with Crippen LogP contribution in [0.15, 0.2) is 17.1 Å². The van der Waals surface area contributed by atoms with Crippen molar-refractivity contribution in [2.75, 3.05) is 6.54 Å². The molecule has 1 atom stereocenters. The summed E-state index contributed by atoms with van der Waals surface area (Å²) in [6, 6.07) is 0.351. The van der Waals surface area contributed by atoms with Crippen molar-refractivity contribution in [3.8, 4) is 0 Å². The van der Waals surface area contributed by atoms with E-state index in [2.05, 4.69) is 15.6 Å². The second-order valence-corrected chi connectivity index (χ2v) is 3.40. The molecule has 1 amide bonds. The molecule has 0 radical (unpaired) electrons. The van der Waals surface area contributed by atoms with Crippen molar-refractivity contribution < 1.29 is 9.21 Å². The maximum absolute atomic E-state index is 10.9. The van der Waals surface area contributed by atoms with Gasteiger partial charge in [0.05, 0.1) is 5.69 Å². The SMILES string of the molecule is O=C1CCC(NCc2cocn2)CN1. The van der Waals surface area contributed by atoms with Crippen LogP contribution < -0.4 is 10.6 Å². The monoisotopic (exact) mass is 195 g/mol. The molecule has 0 aromatic carbocycles. The van der Waals surface area contributed by atoms with Crippen molar-refractivity contribution >= 4 is 5.91 Å². The molecule has 1 aromatic rings. The molecule has 1 aliphatic rings. The lowest BCUT2D eigenvalue weighted by Crippen LogP contribution is -2.45. The third-order valence-corrected chi connectivity index (χ3v) is 2.32. The second-order valence-electron chi connectivity index (χ2n) is 3.40. The number of oxazole rings is 1. The van der Waals surface area contributed by atoms with Gasteiger partial charge >= 0.3 is 0 Å². The van der Waals surface area contributed by atoms with Crippen LogP contribution >= 0.6 is 0 Å². The molecule has 0 saturated carbocycles. The fourth-order valence-corrected chi connectivity index (χ4v) is 1.48. The van der Waals surface area contributed by atoms with Crippen LogP contribution in [0.2, 0.25) is 0 Å². The van der Waals surface area contributed by atoms with Crippen LogP contribution in [0.25, 0.3) is 0 Å². The second kappa shape index (κ2) is 4.23. The van der Waals surface area contributed by atoms with E-state index in [-0.39, 0.29) is 5.91 Å². The van der Waals surface area contributed by atoms with Crippen LogP contribution in [-0.2, 0) is 11.3 Å². The van der Waals surface area contributed by atoms with Crippen molar-refractivity contribution in [2.45, 2.75) is 25.4 Å². The first kappa shape index (κ1) is 9.21. The van der Waals surface area contributed by atoms with E-state index in [0.717, 1.165) is 12.1 Å². The van der Waals surface area contributed by atoms with Crippen molar-refractivity contribution in [1.82, 2.24) is 15.6 Å². The number of nitrogens with zero attached hydrogens (tertiary/aromatic N) is 1. The van der Waals surface area contributed by atoms with E-state index in [1.54, 1.807) is 6.26 Å². The highest BCUT2D eigenvalue weighted by atomic mass is 16.3. The molecule has 0 bridgehead atoms. The van der Waals surface area contributed by atoms with Gasteiger partial charge in [-0.2, -0.15) is 0 Å². The summed E-state index contributed by atoms with van der Waals surface area (Å²) >= 11 is 0. The summed E-state index contributed by atoms with van der Waals surface area (Å²) < 4.78 is 4.85. The first-order chi connectivity index (χ1) is 6.84. The Morgan fingerprint density at radius 1 is 1.71 bits per heavy atom. The van der Waals surface area contributed by atoms with Gasteiger partial charge in [0, 0.05) is 25.6 Å². The summed E-state index contributed by atoms with van der Waals surface area (Å²) in [4.78, 5) is 14.9. The van der Waals surface area contributed by atoms with Gasteiger partial charge < -0.3 is 15.1 Å². The molecule has 76 valence electrons. The highest BCUT2D eigenvalue weighted by Gasteiger charge is 2.17. The van der Waals surface area contributed by atoms with Gasteiger partial charge in [0.25, 0.3) is 0 Å². The zero-order valence-electron chi connectivity index (χ0n) is 7.82. The summed E-state index contributed by atoms with van der Waals surface area (Å²) in [6.07, 6.45) is 4.54. The average Bonchev–Trinajstić information content (AvgIpc) is 2.70. The van der Waals surface area contributed by atoms with E-state index >= 15 is 0 Å². The Balaban J connectivity index is 1.73. The molecule has 1 unspecified atom stereocenters. The van der Waals surface area contributed by atoms with E-state index < -0.39 is 0 Å². The van der Waals surface area contributed by atoms with Crippen molar-refractivity contribution in [3.05, 3.63) is 18.4 Å². The molecule has 2 N–H and O–H groups in total. The number of rotatable bonds is 3. The van der Waals surface area contributed by atoms with Crippen molar-refractivity contribution in [2.24, 2.45) is 0 Å². The predicted octanol–water partition coefficient (Wildman–Crippen LogP) is 0.0428. The van der Waals surface area contributed by atoms with Gasteiger partial charge in [-0.05, 0) is 6.42 Å². The first-order valence-electron chi connectivity index (χ1n) is 4.72. The van der Waals surface area contributed by atoms with Gasteiger partial charge in [0.15, 0.2) is 6.39 Å². The van der Waals surface area contributed by atoms with Gasteiger partial charge in [0.1, 0.15) is 6.26 Å². The summed E-state index contributed by atoms with van der Waals surface area (Å²) in [5.74, 6) is 0.143. The van der Waals surface area contributed by atoms with Crippen LogP contribution in [0.1, 0.15) is 18.5 Å². The predicted molar refractivity (Wildman–Crippen MR) is 49.4 cm³/mol. The maximum Gasteiger partial charge on any atom is 0.220 e. The van der Waals surface area contributed by atoms with E-state index in [9.17, 15) is 4.79 Å². The number of hydrogen-bond acceptors (Lipinski definition) is 4. The van der Waals surface area contributed by atoms with E-state index in [1.807, 2.05) is 0 Å². The molecule has 1 saturated heterocycles. The molecular weight excluding hydrogens is 182 g/mol. The third-order valence-electron chi connectivity index (χ3n) is 2.32. The van der Waals surface area contributed by atoms with E-state index in [0.29, 0.717) is 25.6 Å². The lowest BCUT2D eigenvalue weighted by atomic mass is 10.1. The summed E-state index contributed by atoms with van der Waals surface area (Å²) in [5.41, 5.74) is 0.891. The summed E-state index contributed by atoms with van der Waals surface area (Å²) in [5, 5.41) is 6.12. The normalized spacial score (nSPS) is 22.0. The number of piperidine rings is 1. The van der Waals surface area contributed by atoms with Gasteiger partial charge in [-0.15, -0.1) is 0 Å². The van der Waals surface area contributed by atoms with Crippen molar-refractivity contribution in [1.29, 1.82) is 0 Å². The Morgan fingerprint density at radius 2 is 2.64 bits per heavy atom. The molecule has 5 nitrogen and oxygen atoms in total. The minimum Gasteiger partial charge on any atom is -0.451 e. The maximum atomic E-state index is 10.9. The minimum absolute atomic E-state index is 0.143. The van der Waals surface area contributed by atoms with Crippen LogP contribution in [0, 0.1) is 0 Å². The van der Waals surface area contributed by atoms with E-state index in [1.165, 1.54) is 6.39 Å². The summed E-state index contributed by atoms with van der Waals surface area (Å²) in [6.45, 7) is 1.40. The Kier molecular flexibility index (Phi) is 2.78. The number of carbonyl (C=O) groups excluding carboxylic acids is 1. The Morgan fingerprint density at radius 3 is 3.29 bits per heavy atom. The summed E-state index contributed by atoms with van der Waals surface area (Å²) in [7, 11) is 0. The Bertz CT molecular complexity index is 287.